The molecular weight excluding hydrogens is 370 g/mol. The van der Waals surface area contributed by atoms with E-state index in [1.807, 2.05) is 6.07 Å². The lowest BCUT2D eigenvalue weighted by Gasteiger charge is -2.28. The summed E-state index contributed by atoms with van der Waals surface area (Å²) in [5, 5.41) is 5.12. The Balaban J connectivity index is 1.31. The molecule has 1 N–H and O–H groups in total. The molecule has 3 heterocycles. The summed E-state index contributed by atoms with van der Waals surface area (Å²) in [6.07, 6.45) is 3.92. The van der Waals surface area contributed by atoms with Gasteiger partial charge in [-0.1, -0.05) is 12.1 Å². The average molecular weight is 400 g/mol. The fourth-order valence-electron chi connectivity index (χ4n) is 3.86. The van der Waals surface area contributed by atoms with Gasteiger partial charge in [0.15, 0.2) is 0 Å². The van der Waals surface area contributed by atoms with Crippen LogP contribution < -0.4 is 10.2 Å². The van der Waals surface area contributed by atoms with Crippen LogP contribution in [0.4, 0.5) is 5.69 Å². The van der Waals surface area contributed by atoms with Crippen LogP contribution in [0.1, 0.15) is 28.9 Å². The summed E-state index contributed by atoms with van der Waals surface area (Å²) < 4.78 is 5.35. The first-order chi connectivity index (χ1) is 13.8. The number of thiophene rings is 1. The Labute approximate surface area is 171 Å². The molecule has 2 fully saturated rings. The smallest absolute Gasteiger partial charge is 0.261 e. The zero-order valence-corrected chi connectivity index (χ0v) is 17.2. The van der Waals surface area contributed by atoms with Crippen LogP contribution >= 0.6 is 11.3 Å². The van der Waals surface area contributed by atoms with Crippen molar-refractivity contribution in [3.8, 4) is 11.1 Å². The summed E-state index contributed by atoms with van der Waals surface area (Å²) in [4.78, 5) is 18.0. The van der Waals surface area contributed by atoms with Crippen molar-refractivity contribution in [3.63, 3.8) is 0 Å². The van der Waals surface area contributed by atoms with Gasteiger partial charge in [0.1, 0.15) is 0 Å². The topological polar surface area (TPSA) is 44.8 Å². The van der Waals surface area contributed by atoms with E-state index in [-0.39, 0.29) is 5.91 Å². The molecule has 150 valence electrons. The van der Waals surface area contributed by atoms with Crippen LogP contribution in [0.2, 0.25) is 0 Å². The molecule has 5 nitrogen and oxygen atoms in total. The van der Waals surface area contributed by atoms with E-state index in [2.05, 4.69) is 44.8 Å². The maximum absolute atomic E-state index is 12.4. The molecule has 1 aromatic carbocycles. The molecule has 1 amide bonds. The molecule has 0 spiro atoms. The van der Waals surface area contributed by atoms with Crippen LogP contribution in [0.15, 0.2) is 35.7 Å². The summed E-state index contributed by atoms with van der Waals surface area (Å²) in [5.74, 6) is 0.0226. The normalized spacial score (nSPS) is 18.2. The number of carbonyl (C=O) groups is 1. The zero-order valence-electron chi connectivity index (χ0n) is 16.4. The second kappa shape index (κ2) is 9.54. The van der Waals surface area contributed by atoms with Gasteiger partial charge >= 0.3 is 0 Å². The van der Waals surface area contributed by atoms with Crippen LogP contribution in [-0.2, 0) is 4.74 Å². The van der Waals surface area contributed by atoms with E-state index in [1.165, 1.54) is 41.9 Å². The maximum atomic E-state index is 12.4. The van der Waals surface area contributed by atoms with Crippen LogP contribution in [-0.4, -0.2) is 63.3 Å². The van der Waals surface area contributed by atoms with E-state index in [4.69, 9.17) is 4.74 Å². The van der Waals surface area contributed by atoms with Crippen molar-refractivity contribution < 1.29 is 9.53 Å². The van der Waals surface area contributed by atoms with Crippen molar-refractivity contribution in [1.82, 2.24) is 10.2 Å². The molecule has 2 aliphatic rings. The van der Waals surface area contributed by atoms with Crippen molar-refractivity contribution >= 4 is 22.9 Å². The van der Waals surface area contributed by atoms with Gasteiger partial charge in [-0.25, -0.2) is 0 Å². The molecule has 0 radical (unpaired) electrons. The molecule has 2 saturated heterocycles. The number of nitrogens with one attached hydrogen (secondary N) is 1. The van der Waals surface area contributed by atoms with E-state index in [0.717, 1.165) is 56.4 Å². The van der Waals surface area contributed by atoms with Gasteiger partial charge in [0.05, 0.1) is 18.1 Å². The first kappa shape index (κ1) is 19.4. The van der Waals surface area contributed by atoms with Gasteiger partial charge in [0, 0.05) is 45.0 Å². The molecular formula is C22H29N3O2S. The number of hydrogen-bond donors (Lipinski definition) is 1. The van der Waals surface area contributed by atoms with E-state index >= 15 is 0 Å². The SMILES string of the molecule is O=C(NCCN1CCOCC1)c1cc(-c2ccc(N3CCCCC3)cc2)cs1. The van der Waals surface area contributed by atoms with Gasteiger partial charge in [-0.05, 0) is 54.0 Å². The van der Waals surface area contributed by atoms with Crippen LogP contribution in [0.3, 0.4) is 0 Å². The standard InChI is InChI=1S/C22H29N3O2S/c26-22(23-8-11-24-12-14-27-15-13-24)21-16-19(17-28-21)18-4-6-20(7-5-18)25-9-2-1-3-10-25/h4-7,16-17H,1-3,8-15H2,(H,23,26). The predicted octanol–water partition coefficient (Wildman–Crippen LogP) is 3.47. The van der Waals surface area contributed by atoms with E-state index in [1.54, 1.807) is 0 Å². The van der Waals surface area contributed by atoms with Crippen LogP contribution in [0.25, 0.3) is 11.1 Å². The monoisotopic (exact) mass is 399 g/mol. The van der Waals surface area contributed by atoms with Crippen molar-refractivity contribution in [1.29, 1.82) is 0 Å². The molecule has 2 aromatic rings. The van der Waals surface area contributed by atoms with Gasteiger partial charge in [0.25, 0.3) is 5.91 Å². The molecule has 2 aliphatic heterocycles. The number of benzene rings is 1. The molecule has 28 heavy (non-hydrogen) atoms. The molecule has 4 rings (SSSR count). The first-order valence-electron chi connectivity index (χ1n) is 10.3. The lowest BCUT2D eigenvalue weighted by molar-refractivity contribution is 0.0383. The third-order valence-corrected chi connectivity index (χ3v) is 6.49. The number of carbonyl (C=O) groups excluding carboxylic acids is 1. The number of ether oxygens (including phenoxy) is 1. The summed E-state index contributed by atoms with van der Waals surface area (Å²) >= 11 is 1.51. The number of amides is 1. The van der Waals surface area contributed by atoms with Crippen molar-refractivity contribution in [2.45, 2.75) is 19.3 Å². The van der Waals surface area contributed by atoms with Crippen LogP contribution in [0, 0.1) is 0 Å². The lowest BCUT2D eigenvalue weighted by Crippen LogP contribution is -2.41. The number of nitrogens with zero attached hydrogens (tertiary/aromatic N) is 2. The third kappa shape index (κ3) is 4.93. The Morgan fingerprint density at radius 3 is 2.50 bits per heavy atom. The summed E-state index contributed by atoms with van der Waals surface area (Å²) in [5.41, 5.74) is 3.60. The minimum absolute atomic E-state index is 0.0226. The molecule has 0 bridgehead atoms. The maximum Gasteiger partial charge on any atom is 0.261 e. The summed E-state index contributed by atoms with van der Waals surface area (Å²) in [7, 11) is 0. The van der Waals surface area contributed by atoms with Crippen molar-refractivity contribution in [2.24, 2.45) is 0 Å². The van der Waals surface area contributed by atoms with E-state index in [0.29, 0.717) is 6.54 Å². The van der Waals surface area contributed by atoms with Gasteiger partial charge in [-0.3, -0.25) is 9.69 Å². The minimum Gasteiger partial charge on any atom is -0.379 e. The quantitative estimate of drug-likeness (QED) is 0.808. The average Bonchev–Trinajstić information content (AvgIpc) is 3.26. The van der Waals surface area contributed by atoms with Gasteiger partial charge in [-0.2, -0.15) is 0 Å². The molecule has 0 unspecified atom stereocenters. The van der Waals surface area contributed by atoms with Gasteiger partial charge in [0.2, 0.25) is 0 Å². The Hall–Kier alpha value is -1.89. The predicted molar refractivity (Wildman–Crippen MR) is 115 cm³/mol. The number of hydrogen-bond acceptors (Lipinski definition) is 5. The zero-order chi connectivity index (χ0) is 19.2. The second-order valence-corrected chi connectivity index (χ2v) is 8.42. The Kier molecular flexibility index (Phi) is 6.62. The Bertz CT molecular complexity index is 762. The largest absolute Gasteiger partial charge is 0.379 e. The summed E-state index contributed by atoms with van der Waals surface area (Å²) in [6, 6.07) is 10.8. The van der Waals surface area contributed by atoms with E-state index in [9.17, 15) is 4.79 Å². The first-order valence-corrected chi connectivity index (χ1v) is 11.2. The van der Waals surface area contributed by atoms with E-state index < -0.39 is 0 Å². The Morgan fingerprint density at radius 1 is 1.00 bits per heavy atom. The number of piperidine rings is 1. The highest BCUT2D eigenvalue weighted by atomic mass is 32.1. The number of rotatable bonds is 6. The highest BCUT2D eigenvalue weighted by Crippen LogP contribution is 2.28. The fourth-order valence-corrected chi connectivity index (χ4v) is 4.70. The van der Waals surface area contributed by atoms with Crippen molar-refractivity contribution in [3.05, 3.63) is 40.6 Å². The molecule has 0 aliphatic carbocycles. The Morgan fingerprint density at radius 2 is 1.75 bits per heavy atom. The lowest BCUT2D eigenvalue weighted by atomic mass is 10.1. The fraction of sp³-hybridized carbons (Fsp3) is 0.500. The number of morpholine rings is 1. The molecule has 0 atom stereocenters. The van der Waals surface area contributed by atoms with Crippen molar-refractivity contribution in [2.75, 3.05) is 57.4 Å². The minimum atomic E-state index is 0.0226. The van der Waals surface area contributed by atoms with Crippen LogP contribution in [0.5, 0.6) is 0 Å². The highest BCUT2D eigenvalue weighted by Gasteiger charge is 2.14. The highest BCUT2D eigenvalue weighted by molar-refractivity contribution is 7.12. The molecule has 0 saturated carbocycles. The molecule has 6 heteroatoms. The van der Waals surface area contributed by atoms with Gasteiger partial charge < -0.3 is 15.0 Å². The number of anilines is 1. The third-order valence-electron chi connectivity index (χ3n) is 5.56. The second-order valence-electron chi connectivity index (χ2n) is 7.50. The van der Waals surface area contributed by atoms with Gasteiger partial charge in [-0.15, -0.1) is 11.3 Å². The molecule has 1 aromatic heterocycles. The summed E-state index contributed by atoms with van der Waals surface area (Å²) in [6.45, 7) is 7.36.